The number of nitrogens with zero attached hydrogens (tertiary/aromatic N) is 2. The normalized spacial score (nSPS) is 17.7. The van der Waals surface area contributed by atoms with Gasteiger partial charge in [-0.1, -0.05) is 30.3 Å². The number of ether oxygens (including phenoxy) is 1. The summed E-state index contributed by atoms with van der Waals surface area (Å²) in [6.45, 7) is 0.638. The van der Waals surface area contributed by atoms with Crippen molar-refractivity contribution >= 4 is 23.2 Å². The largest absolute Gasteiger partial charge is 0.480 e. The van der Waals surface area contributed by atoms with Gasteiger partial charge in [-0.05, 0) is 12.0 Å². The lowest BCUT2D eigenvalue weighted by molar-refractivity contribution is -0.147. The SMILES string of the molecule is O=C(O)[C@@H]1COCCN1C(=O)c1csc(CCc2ccccc2)n1. The van der Waals surface area contributed by atoms with Gasteiger partial charge in [0.2, 0.25) is 0 Å². The van der Waals surface area contributed by atoms with Crippen LogP contribution in [0.1, 0.15) is 21.1 Å². The number of rotatable bonds is 5. The van der Waals surface area contributed by atoms with Crippen molar-refractivity contribution in [2.75, 3.05) is 19.8 Å². The van der Waals surface area contributed by atoms with Gasteiger partial charge in [0.1, 0.15) is 5.69 Å². The molecule has 2 heterocycles. The summed E-state index contributed by atoms with van der Waals surface area (Å²) in [7, 11) is 0. The van der Waals surface area contributed by atoms with Crippen molar-refractivity contribution in [2.45, 2.75) is 18.9 Å². The van der Waals surface area contributed by atoms with E-state index in [-0.39, 0.29) is 19.1 Å². The molecule has 0 radical (unpaired) electrons. The topological polar surface area (TPSA) is 79.7 Å². The Kier molecular flexibility index (Phi) is 5.22. The van der Waals surface area contributed by atoms with Crippen molar-refractivity contribution in [3.05, 3.63) is 52.0 Å². The second kappa shape index (κ2) is 7.55. The van der Waals surface area contributed by atoms with Crippen molar-refractivity contribution in [2.24, 2.45) is 0 Å². The number of benzene rings is 1. The van der Waals surface area contributed by atoms with Gasteiger partial charge < -0.3 is 14.7 Å². The molecule has 1 fully saturated rings. The molecular formula is C17H18N2O4S. The molecular weight excluding hydrogens is 328 g/mol. The van der Waals surface area contributed by atoms with E-state index in [1.54, 1.807) is 5.38 Å². The summed E-state index contributed by atoms with van der Waals surface area (Å²) < 4.78 is 5.16. The van der Waals surface area contributed by atoms with Crippen molar-refractivity contribution in [3.63, 3.8) is 0 Å². The van der Waals surface area contributed by atoms with Crippen molar-refractivity contribution in [1.82, 2.24) is 9.88 Å². The molecule has 6 nitrogen and oxygen atoms in total. The van der Waals surface area contributed by atoms with Gasteiger partial charge in [-0.3, -0.25) is 4.79 Å². The van der Waals surface area contributed by atoms with E-state index in [9.17, 15) is 14.7 Å². The lowest BCUT2D eigenvalue weighted by atomic mass is 10.1. The molecule has 7 heteroatoms. The number of aryl methyl sites for hydroxylation is 2. The van der Waals surface area contributed by atoms with E-state index in [0.717, 1.165) is 17.8 Å². The molecule has 3 rings (SSSR count). The Hall–Kier alpha value is -2.25. The summed E-state index contributed by atoms with van der Waals surface area (Å²) in [5.74, 6) is -1.39. The molecule has 1 N–H and O–H groups in total. The second-order valence-corrected chi connectivity index (χ2v) is 6.48. The molecule has 0 spiro atoms. The highest BCUT2D eigenvalue weighted by Gasteiger charge is 2.34. The zero-order chi connectivity index (χ0) is 16.9. The van der Waals surface area contributed by atoms with Gasteiger partial charge >= 0.3 is 5.97 Å². The number of hydrogen-bond donors (Lipinski definition) is 1. The summed E-state index contributed by atoms with van der Waals surface area (Å²) in [6, 6.07) is 9.15. The number of carboxylic acids is 1. The smallest absolute Gasteiger partial charge is 0.328 e. The predicted molar refractivity (Wildman–Crippen MR) is 89.2 cm³/mol. The molecule has 0 saturated carbocycles. The zero-order valence-electron chi connectivity index (χ0n) is 13.1. The number of aromatic nitrogens is 1. The third kappa shape index (κ3) is 3.80. The number of thiazole rings is 1. The van der Waals surface area contributed by atoms with Gasteiger partial charge in [0, 0.05) is 18.3 Å². The van der Waals surface area contributed by atoms with E-state index >= 15 is 0 Å². The number of hydrogen-bond acceptors (Lipinski definition) is 5. The second-order valence-electron chi connectivity index (χ2n) is 5.54. The number of carbonyl (C=O) groups is 2. The van der Waals surface area contributed by atoms with E-state index < -0.39 is 12.0 Å². The van der Waals surface area contributed by atoms with Crippen LogP contribution in [-0.2, 0) is 22.4 Å². The first-order chi connectivity index (χ1) is 11.6. The van der Waals surface area contributed by atoms with Crippen LogP contribution in [-0.4, -0.2) is 52.7 Å². The van der Waals surface area contributed by atoms with Crippen LogP contribution in [0, 0.1) is 0 Å². The van der Waals surface area contributed by atoms with Crippen LogP contribution in [0.4, 0.5) is 0 Å². The van der Waals surface area contributed by atoms with Gasteiger partial charge in [-0.2, -0.15) is 0 Å². The summed E-state index contributed by atoms with van der Waals surface area (Å²) >= 11 is 1.43. The lowest BCUT2D eigenvalue weighted by Crippen LogP contribution is -2.52. The Morgan fingerprint density at radius 1 is 1.29 bits per heavy atom. The predicted octanol–water partition coefficient (Wildman–Crippen LogP) is 1.85. The summed E-state index contributed by atoms with van der Waals surface area (Å²) in [5.41, 5.74) is 1.54. The molecule has 1 saturated heterocycles. The fourth-order valence-corrected chi connectivity index (χ4v) is 3.39. The molecule has 2 aromatic rings. The van der Waals surface area contributed by atoms with Crippen molar-refractivity contribution < 1.29 is 19.4 Å². The lowest BCUT2D eigenvalue weighted by Gasteiger charge is -2.32. The summed E-state index contributed by atoms with van der Waals surface area (Å²) in [5, 5.41) is 11.8. The number of aliphatic carboxylic acids is 1. The van der Waals surface area contributed by atoms with Gasteiger partial charge in [0.15, 0.2) is 6.04 Å². The Labute approximate surface area is 143 Å². The standard InChI is InChI=1S/C17H18N2O4S/c20-16(19-8-9-23-10-14(19)17(21)22)13-11-24-15(18-13)7-6-12-4-2-1-3-5-12/h1-5,11,14H,6-10H2,(H,21,22)/t14-/m0/s1. The van der Waals surface area contributed by atoms with Gasteiger partial charge in [-0.25, -0.2) is 9.78 Å². The molecule has 0 bridgehead atoms. The minimum Gasteiger partial charge on any atom is -0.480 e. The minimum atomic E-state index is -1.05. The minimum absolute atomic E-state index is 0.0199. The average Bonchev–Trinajstić information content (AvgIpc) is 3.09. The van der Waals surface area contributed by atoms with E-state index in [1.165, 1.54) is 21.8 Å². The maximum atomic E-state index is 12.6. The van der Waals surface area contributed by atoms with Gasteiger partial charge in [0.25, 0.3) is 5.91 Å². The fourth-order valence-electron chi connectivity index (χ4n) is 2.62. The van der Waals surface area contributed by atoms with Crippen LogP contribution in [0.25, 0.3) is 0 Å². The highest BCUT2D eigenvalue weighted by molar-refractivity contribution is 7.09. The maximum Gasteiger partial charge on any atom is 0.328 e. The maximum absolute atomic E-state index is 12.6. The number of amides is 1. The molecule has 0 aliphatic carbocycles. The van der Waals surface area contributed by atoms with E-state index in [4.69, 9.17) is 4.74 Å². The zero-order valence-corrected chi connectivity index (χ0v) is 13.9. The molecule has 24 heavy (non-hydrogen) atoms. The van der Waals surface area contributed by atoms with Gasteiger partial charge in [-0.15, -0.1) is 11.3 Å². The molecule has 1 aromatic heterocycles. The molecule has 1 aromatic carbocycles. The first-order valence-electron chi connectivity index (χ1n) is 7.75. The molecule has 1 aliphatic rings. The third-order valence-electron chi connectivity index (χ3n) is 3.92. The number of carbonyl (C=O) groups excluding carboxylic acids is 1. The summed E-state index contributed by atoms with van der Waals surface area (Å²) in [6.07, 6.45) is 1.62. The number of morpholine rings is 1. The monoisotopic (exact) mass is 346 g/mol. The highest BCUT2D eigenvalue weighted by Crippen LogP contribution is 2.17. The van der Waals surface area contributed by atoms with Crippen LogP contribution in [0.2, 0.25) is 0 Å². The molecule has 1 atom stereocenters. The first kappa shape index (κ1) is 16.6. The highest BCUT2D eigenvalue weighted by atomic mass is 32.1. The Morgan fingerprint density at radius 2 is 2.08 bits per heavy atom. The Balaban J connectivity index is 1.65. The van der Waals surface area contributed by atoms with Crippen LogP contribution in [0.5, 0.6) is 0 Å². The molecule has 126 valence electrons. The van der Waals surface area contributed by atoms with E-state index in [2.05, 4.69) is 17.1 Å². The Morgan fingerprint density at radius 3 is 2.83 bits per heavy atom. The van der Waals surface area contributed by atoms with Gasteiger partial charge in [0.05, 0.1) is 18.2 Å². The van der Waals surface area contributed by atoms with Crippen LogP contribution < -0.4 is 0 Å². The van der Waals surface area contributed by atoms with Crippen LogP contribution in [0.3, 0.4) is 0 Å². The quantitative estimate of drug-likeness (QED) is 0.894. The fraction of sp³-hybridized carbons (Fsp3) is 0.353. The van der Waals surface area contributed by atoms with Crippen LogP contribution >= 0.6 is 11.3 Å². The summed E-state index contributed by atoms with van der Waals surface area (Å²) in [4.78, 5) is 29.5. The molecule has 0 unspecified atom stereocenters. The molecule has 1 aliphatic heterocycles. The number of carboxylic acid groups (broad SMARTS) is 1. The van der Waals surface area contributed by atoms with Crippen molar-refractivity contribution in [3.8, 4) is 0 Å². The van der Waals surface area contributed by atoms with Crippen molar-refractivity contribution in [1.29, 1.82) is 0 Å². The first-order valence-corrected chi connectivity index (χ1v) is 8.63. The average molecular weight is 346 g/mol. The third-order valence-corrected chi connectivity index (χ3v) is 4.82. The van der Waals surface area contributed by atoms with E-state index in [0.29, 0.717) is 12.3 Å². The van der Waals surface area contributed by atoms with Crippen LogP contribution in [0.15, 0.2) is 35.7 Å². The molecule has 1 amide bonds. The Bertz CT molecular complexity index is 716. The van der Waals surface area contributed by atoms with E-state index in [1.807, 2.05) is 18.2 Å².